The van der Waals surface area contributed by atoms with Crippen LogP contribution < -0.4 is 14.8 Å². The summed E-state index contributed by atoms with van der Waals surface area (Å²) in [6.07, 6.45) is 1.80. The van der Waals surface area contributed by atoms with E-state index in [9.17, 15) is 24.0 Å². The molecule has 0 radical (unpaired) electrons. The monoisotopic (exact) mass is 879 g/mol. The minimum Gasteiger partial charge on any atom is -0.494 e. The van der Waals surface area contributed by atoms with Gasteiger partial charge in [0.25, 0.3) is 11.8 Å². The lowest BCUT2D eigenvalue weighted by Crippen LogP contribution is -2.54. The molecule has 63 heavy (non-hydrogen) atoms. The molecule has 332 valence electrons. The van der Waals surface area contributed by atoms with Gasteiger partial charge in [0.15, 0.2) is 0 Å². The van der Waals surface area contributed by atoms with Crippen LogP contribution >= 0.6 is 11.6 Å². The smallest absolute Gasteiger partial charge is 0.355 e. The van der Waals surface area contributed by atoms with Crippen molar-refractivity contribution in [2.45, 2.75) is 98.8 Å². The molecule has 0 saturated carbocycles. The first kappa shape index (κ1) is 45.0. The summed E-state index contributed by atoms with van der Waals surface area (Å²) in [7, 11) is 1.92. The molecular formula is C48H54ClN5O9. The number of piperidine rings is 1. The van der Waals surface area contributed by atoms with E-state index in [-0.39, 0.29) is 42.9 Å². The first-order valence-corrected chi connectivity index (χ1v) is 21.7. The van der Waals surface area contributed by atoms with Gasteiger partial charge in [0.2, 0.25) is 11.8 Å². The van der Waals surface area contributed by atoms with Crippen molar-refractivity contribution < 1.29 is 42.9 Å². The number of hydrogen-bond donors (Lipinski definition) is 1. The highest BCUT2D eigenvalue weighted by Crippen LogP contribution is 2.39. The molecular weight excluding hydrogens is 826 g/mol. The number of halogens is 1. The zero-order chi connectivity index (χ0) is 45.3. The summed E-state index contributed by atoms with van der Waals surface area (Å²) < 4.78 is 28.3. The highest BCUT2D eigenvalue weighted by atomic mass is 35.5. The lowest BCUT2D eigenvalue weighted by atomic mass is 9.98. The van der Waals surface area contributed by atoms with E-state index in [1.165, 1.54) is 6.07 Å². The molecule has 1 unspecified atom stereocenters. The Labute approximate surface area is 371 Å². The van der Waals surface area contributed by atoms with Crippen LogP contribution in [0.25, 0.3) is 22.0 Å². The molecule has 15 heteroatoms. The highest BCUT2D eigenvalue weighted by molar-refractivity contribution is 6.32. The number of benzene rings is 3. The maximum atomic E-state index is 14.4. The van der Waals surface area contributed by atoms with Crippen LogP contribution in [-0.4, -0.2) is 86.9 Å². The molecule has 1 N–H and O–H groups in total. The second kappa shape index (κ2) is 18.4. The molecule has 0 spiro atoms. The number of carbonyl (C=O) groups excluding carboxylic acids is 5. The van der Waals surface area contributed by atoms with Gasteiger partial charge in [0, 0.05) is 53.8 Å². The van der Waals surface area contributed by atoms with E-state index in [0.29, 0.717) is 44.7 Å². The summed E-state index contributed by atoms with van der Waals surface area (Å²) in [6.45, 7) is 14.9. The number of fused-ring (bicyclic) bond motifs is 2. The fourth-order valence-corrected chi connectivity index (χ4v) is 8.66. The van der Waals surface area contributed by atoms with Gasteiger partial charge in [0.1, 0.15) is 35.4 Å². The van der Waals surface area contributed by atoms with Crippen LogP contribution in [0.3, 0.4) is 0 Å². The number of carbonyl (C=O) groups is 5. The summed E-state index contributed by atoms with van der Waals surface area (Å²) in [4.78, 5) is 66.3. The molecule has 2 aliphatic heterocycles. The van der Waals surface area contributed by atoms with Gasteiger partial charge in [-0.2, -0.15) is 5.10 Å². The van der Waals surface area contributed by atoms with Crippen molar-refractivity contribution in [3.63, 3.8) is 0 Å². The fourth-order valence-electron chi connectivity index (χ4n) is 8.55. The number of nitrogens with one attached hydrogen (secondary N) is 1. The molecule has 14 nitrogen and oxygen atoms in total. The second-order valence-corrected chi connectivity index (χ2v) is 17.5. The molecule has 1 saturated heterocycles. The van der Waals surface area contributed by atoms with Crippen molar-refractivity contribution in [3.05, 3.63) is 98.5 Å². The van der Waals surface area contributed by atoms with Crippen molar-refractivity contribution in [2.24, 2.45) is 7.05 Å². The Hall–Kier alpha value is -5.99. The number of imide groups is 2. The Kier molecular flexibility index (Phi) is 13.1. The van der Waals surface area contributed by atoms with Crippen molar-refractivity contribution in [1.29, 1.82) is 0 Å². The van der Waals surface area contributed by atoms with Gasteiger partial charge >= 0.3 is 5.97 Å². The van der Waals surface area contributed by atoms with Gasteiger partial charge in [-0.15, -0.1) is 0 Å². The Morgan fingerprint density at radius 1 is 0.873 bits per heavy atom. The molecule has 2 aliphatic rings. The molecule has 7 rings (SSSR count). The van der Waals surface area contributed by atoms with Gasteiger partial charge in [-0.3, -0.25) is 34.1 Å². The Morgan fingerprint density at radius 3 is 2.27 bits per heavy atom. The molecule has 4 heterocycles. The number of hydrogen-bond acceptors (Lipinski definition) is 10. The normalized spacial score (nSPS) is 15.3. The van der Waals surface area contributed by atoms with Crippen LogP contribution in [0.5, 0.6) is 11.5 Å². The Bertz CT molecular complexity index is 2610. The van der Waals surface area contributed by atoms with Gasteiger partial charge in [-0.25, -0.2) is 4.79 Å². The average Bonchev–Trinajstić information content (AvgIpc) is 3.78. The molecule has 0 aliphatic carbocycles. The first-order chi connectivity index (χ1) is 30.0. The van der Waals surface area contributed by atoms with Crippen molar-refractivity contribution in [1.82, 2.24) is 24.6 Å². The van der Waals surface area contributed by atoms with Crippen molar-refractivity contribution in [2.75, 3.05) is 26.4 Å². The number of para-hydroxylation sites is 1. The Morgan fingerprint density at radius 2 is 1.59 bits per heavy atom. The average molecular weight is 880 g/mol. The maximum absolute atomic E-state index is 14.4. The summed E-state index contributed by atoms with van der Waals surface area (Å²) in [5.74, 6) is -1.84. The molecule has 1 atom stereocenters. The molecule has 0 bridgehead atoms. The number of ether oxygens (including phenoxy) is 4. The minimum absolute atomic E-state index is 0.0281. The largest absolute Gasteiger partial charge is 0.494 e. The third-order valence-corrected chi connectivity index (χ3v) is 12.0. The number of rotatable bonds is 16. The predicted molar refractivity (Wildman–Crippen MR) is 238 cm³/mol. The van der Waals surface area contributed by atoms with Crippen molar-refractivity contribution >= 4 is 52.1 Å². The fraction of sp³-hybridized carbons (Fsp3) is 0.417. The van der Waals surface area contributed by atoms with Crippen LogP contribution in [0.4, 0.5) is 0 Å². The molecule has 3 aromatic carbocycles. The van der Waals surface area contributed by atoms with Gasteiger partial charge in [-0.05, 0) is 115 Å². The van der Waals surface area contributed by atoms with E-state index < -0.39 is 41.2 Å². The maximum Gasteiger partial charge on any atom is 0.355 e. The van der Waals surface area contributed by atoms with E-state index in [4.69, 9.17) is 35.6 Å². The van der Waals surface area contributed by atoms with Crippen LogP contribution in [0.15, 0.2) is 48.5 Å². The summed E-state index contributed by atoms with van der Waals surface area (Å²) in [5, 5.41) is 8.60. The third-order valence-electron chi connectivity index (χ3n) is 11.4. The standard InChI is InChI=1S/C48H54ClN5O9/c1-27-25-31(26-28(2)41(27)49)61-22-11-16-33-32-13-9-14-34(39-29(3)51-52(8)30(39)4)42(32)53(43(33)47(59)63-48(5,6)7)20-12-21-60-23-24-62-37-17-10-15-35-40(37)46(58)54(45(35)57)36-18-19-38(55)50-44(36)56/h9-10,13-15,17,25-26,36H,11-12,16,18-24H2,1-8H3,(H,50,55,56). The zero-order valence-corrected chi connectivity index (χ0v) is 37.9. The number of esters is 1. The van der Waals surface area contributed by atoms with Crippen LogP contribution in [-0.2, 0) is 39.1 Å². The summed E-state index contributed by atoms with van der Waals surface area (Å²) >= 11 is 6.41. The van der Waals surface area contributed by atoms with E-state index in [1.54, 1.807) is 12.1 Å². The lowest BCUT2D eigenvalue weighted by molar-refractivity contribution is -0.136. The van der Waals surface area contributed by atoms with E-state index in [1.807, 2.05) is 78.4 Å². The van der Waals surface area contributed by atoms with E-state index >= 15 is 0 Å². The molecule has 5 aromatic rings. The third kappa shape index (κ3) is 9.24. The number of aromatic nitrogens is 3. The number of nitrogens with zero attached hydrogens (tertiary/aromatic N) is 4. The lowest BCUT2D eigenvalue weighted by Gasteiger charge is -2.27. The summed E-state index contributed by atoms with van der Waals surface area (Å²) in [6, 6.07) is 13.7. The van der Waals surface area contributed by atoms with Gasteiger partial charge in [0.05, 0.1) is 35.6 Å². The van der Waals surface area contributed by atoms with Gasteiger partial charge in [-0.1, -0.05) is 35.9 Å². The topological polar surface area (TPSA) is 160 Å². The Balaban J connectivity index is 1.10. The number of aryl methyl sites for hydroxylation is 6. The zero-order valence-electron chi connectivity index (χ0n) is 37.1. The quantitative estimate of drug-likeness (QED) is 0.0589. The second-order valence-electron chi connectivity index (χ2n) is 17.1. The van der Waals surface area contributed by atoms with Crippen LogP contribution in [0.2, 0.25) is 5.02 Å². The first-order valence-electron chi connectivity index (χ1n) is 21.3. The van der Waals surface area contributed by atoms with Gasteiger partial charge < -0.3 is 23.5 Å². The van der Waals surface area contributed by atoms with E-state index in [2.05, 4.69) is 22.0 Å². The minimum atomic E-state index is -1.08. The SMILES string of the molecule is Cc1cc(OCCCc2c(C(=O)OC(C)(C)C)n(CCCOCCOc3cccc4c3C(=O)N(C3CCC(=O)NC3=O)C4=O)c3c(-c4c(C)nn(C)c4C)cccc23)cc(C)c1Cl. The predicted octanol–water partition coefficient (Wildman–Crippen LogP) is 7.78. The van der Waals surface area contributed by atoms with Crippen LogP contribution in [0.1, 0.15) is 106 Å². The molecule has 1 fully saturated rings. The highest BCUT2D eigenvalue weighted by Gasteiger charge is 2.46. The van der Waals surface area contributed by atoms with Crippen molar-refractivity contribution in [3.8, 4) is 22.6 Å². The molecule has 4 amide bonds. The molecule has 2 aromatic heterocycles. The van der Waals surface area contributed by atoms with E-state index in [0.717, 1.165) is 65.8 Å². The number of amides is 4. The summed E-state index contributed by atoms with van der Waals surface area (Å²) in [5.41, 5.74) is 7.46. The van der Waals surface area contributed by atoms with Crippen LogP contribution in [0, 0.1) is 27.7 Å².